The lowest BCUT2D eigenvalue weighted by Crippen LogP contribution is -2.29. The second-order valence-electron chi connectivity index (χ2n) is 5.52. The van der Waals surface area contributed by atoms with E-state index in [0.29, 0.717) is 11.1 Å². The summed E-state index contributed by atoms with van der Waals surface area (Å²) in [6, 6.07) is 7.06. The van der Waals surface area contributed by atoms with Gasteiger partial charge in [-0.25, -0.2) is 8.78 Å². The molecule has 0 saturated heterocycles. The smallest absolute Gasteiger partial charge is 0.272 e. The van der Waals surface area contributed by atoms with Crippen LogP contribution in [0.25, 0.3) is 0 Å². The number of halogens is 2. The number of hydrogen-bond donors (Lipinski definition) is 0. The second-order valence-corrected chi connectivity index (χ2v) is 5.52. The van der Waals surface area contributed by atoms with Crippen LogP contribution < -0.4 is 0 Å². The molecule has 2 aromatic rings. The van der Waals surface area contributed by atoms with E-state index < -0.39 is 22.6 Å². The van der Waals surface area contributed by atoms with E-state index in [4.69, 9.17) is 0 Å². The molecule has 5 nitrogen and oxygen atoms in total. The van der Waals surface area contributed by atoms with Crippen LogP contribution in [0.15, 0.2) is 36.4 Å². The fraction of sp³-hybridized carbons (Fsp3) is 0.235. The first-order valence-corrected chi connectivity index (χ1v) is 7.19. The highest BCUT2D eigenvalue weighted by Crippen LogP contribution is 2.24. The second kappa shape index (κ2) is 6.74. The third kappa shape index (κ3) is 3.40. The third-order valence-electron chi connectivity index (χ3n) is 3.97. The maximum Gasteiger partial charge on any atom is 0.272 e. The average molecular weight is 334 g/mol. The Hall–Kier alpha value is -2.83. The number of carbonyl (C=O) groups is 1. The van der Waals surface area contributed by atoms with Crippen molar-refractivity contribution in [2.75, 3.05) is 7.05 Å². The van der Waals surface area contributed by atoms with Crippen molar-refractivity contribution in [3.8, 4) is 0 Å². The molecule has 0 aromatic heterocycles. The van der Waals surface area contributed by atoms with Crippen LogP contribution in [0.2, 0.25) is 0 Å². The molecule has 0 saturated carbocycles. The Bertz CT molecular complexity index is 808. The van der Waals surface area contributed by atoms with Crippen molar-refractivity contribution in [3.05, 3.63) is 74.8 Å². The quantitative estimate of drug-likeness (QED) is 0.627. The number of rotatable bonds is 4. The lowest BCUT2D eigenvalue weighted by molar-refractivity contribution is -0.385. The number of nitrogens with zero attached hydrogens (tertiary/aromatic N) is 2. The number of nitro groups is 1. The first kappa shape index (κ1) is 17.5. The van der Waals surface area contributed by atoms with Crippen LogP contribution >= 0.6 is 0 Å². The molecule has 0 radical (unpaired) electrons. The Morgan fingerprint density at radius 2 is 1.83 bits per heavy atom. The number of nitro benzene ring substituents is 1. The molecule has 0 aliphatic rings. The average Bonchev–Trinajstić information content (AvgIpc) is 2.54. The van der Waals surface area contributed by atoms with E-state index in [2.05, 4.69) is 0 Å². The summed E-state index contributed by atoms with van der Waals surface area (Å²) in [5.74, 6) is -2.30. The van der Waals surface area contributed by atoms with Gasteiger partial charge in [0.1, 0.15) is 0 Å². The van der Waals surface area contributed by atoms with E-state index in [1.807, 2.05) is 0 Å². The van der Waals surface area contributed by atoms with Crippen LogP contribution in [-0.2, 0) is 0 Å². The predicted octanol–water partition coefficient (Wildman–Crippen LogP) is 4.01. The fourth-order valence-corrected chi connectivity index (χ4v) is 2.37. The Kier molecular flexibility index (Phi) is 4.92. The highest BCUT2D eigenvalue weighted by Gasteiger charge is 2.21. The Labute approximate surface area is 137 Å². The molecule has 1 atom stereocenters. The summed E-state index contributed by atoms with van der Waals surface area (Å²) >= 11 is 0. The van der Waals surface area contributed by atoms with Crippen LogP contribution in [0, 0.1) is 28.7 Å². The van der Waals surface area contributed by atoms with E-state index in [0.717, 1.165) is 12.1 Å². The number of amides is 1. The third-order valence-corrected chi connectivity index (χ3v) is 3.97. The van der Waals surface area contributed by atoms with Gasteiger partial charge in [-0.2, -0.15) is 0 Å². The highest BCUT2D eigenvalue weighted by atomic mass is 19.2. The number of hydrogen-bond acceptors (Lipinski definition) is 3. The molecule has 0 bridgehead atoms. The van der Waals surface area contributed by atoms with E-state index in [1.165, 1.54) is 36.2 Å². The Balaban J connectivity index is 2.26. The maximum absolute atomic E-state index is 13.4. The molecule has 0 heterocycles. The molecular formula is C17H16F2N2O3. The molecule has 0 aliphatic carbocycles. The Morgan fingerprint density at radius 3 is 2.38 bits per heavy atom. The molecule has 24 heavy (non-hydrogen) atoms. The molecule has 0 N–H and O–H groups in total. The zero-order chi connectivity index (χ0) is 18.0. The van der Waals surface area contributed by atoms with Crippen LogP contribution in [0.1, 0.15) is 34.5 Å². The largest absolute Gasteiger partial charge is 0.335 e. The van der Waals surface area contributed by atoms with Crippen molar-refractivity contribution >= 4 is 11.6 Å². The van der Waals surface area contributed by atoms with Crippen molar-refractivity contribution < 1.29 is 18.5 Å². The fourth-order valence-electron chi connectivity index (χ4n) is 2.37. The predicted molar refractivity (Wildman–Crippen MR) is 84.7 cm³/mol. The van der Waals surface area contributed by atoms with Crippen LogP contribution in [0.5, 0.6) is 0 Å². The van der Waals surface area contributed by atoms with Crippen molar-refractivity contribution in [1.29, 1.82) is 0 Å². The zero-order valence-corrected chi connectivity index (χ0v) is 13.4. The number of carbonyl (C=O) groups excluding carboxylic acids is 1. The molecule has 1 amide bonds. The summed E-state index contributed by atoms with van der Waals surface area (Å²) in [6.07, 6.45) is 0. The van der Waals surface area contributed by atoms with Crippen LogP contribution in [0.4, 0.5) is 14.5 Å². The highest BCUT2D eigenvalue weighted by molar-refractivity contribution is 5.94. The summed E-state index contributed by atoms with van der Waals surface area (Å²) in [5.41, 5.74) is 1.04. The molecule has 0 aliphatic heterocycles. The van der Waals surface area contributed by atoms with Gasteiger partial charge >= 0.3 is 0 Å². The summed E-state index contributed by atoms with van der Waals surface area (Å²) < 4.78 is 26.4. The monoisotopic (exact) mass is 334 g/mol. The molecule has 7 heteroatoms. The van der Waals surface area contributed by atoms with Gasteiger partial charge in [0.15, 0.2) is 11.6 Å². The molecule has 2 rings (SSSR count). The van der Waals surface area contributed by atoms with Gasteiger partial charge in [-0.15, -0.1) is 0 Å². The normalized spacial score (nSPS) is 11.9. The summed E-state index contributed by atoms with van der Waals surface area (Å²) in [4.78, 5) is 24.2. The van der Waals surface area contributed by atoms with Crippen LogP contribution in [0.3, 0.4) is 0 Å². The number of aryl methyl sites for hydroxylation is 1. The van der Waals surface area contributed by atoms with Crippen molar-refractivity contribution in [2.45, 2.75) is 19.9 Å². The molecule has 2 aromatic carbocycles. The molecule has 1 unspecified atom stereocenters. The minimum Gasteiger partial charge on any atom is -0.335 e. The first-order valence-electron chi connectivity index (χ1n) is 7.19. The standard InChI is InChI=1S/C17H16F2N2O3/c1-10-8-13(5-7-16(10)21(23)24)17(22)20(3)11(2)12-4-6-14(18)15(19)9-12/h4-9,11H,1-3H3. The summed E-state index contributed by atoms with van der Waals surface area (Å²) in [6.45, 7) is 3.23. The van der Waals surface area contributed by atoms with Gasteiger partial charge in [-0.3, -0.25) is 14.9 Å². The maximum atomic E-state index is 13.4. The van der Waals surface area contributed by atoms with Crippen molar-refractivity contribution in [3.63, 3.8) is 0 Å². The van der Waals surface area contributed by atoms with E-state index in [-0.39, 0.29) is 17.2 Å². The molecular weight excluding hydrogens is 318 g/mol. The summed E-state index contributed by atoms with van der Waals surface area (Å²) in [5, 5.41) is 10.8. The summed E-state index contributed by atoms with van der Waals surface area (Å²) in [7, 11) is 1.53. The topological polar surface area (TPSA) is 63.5 Å². The van der Waals surface area contributed by atoms with Gasteiger partial charge in [0.25, 0.3) is 11.6 Å². The van der Waals surface area contributed by atoms with E-state index in [1.54, 1.807) is 13.8 Å². The van der Waals surface area contributed by atoms with Gasteiger partial charge in [0.05, 0.1) is 11.0 Å². The van der Waals surface area contributed by atoms with Crippen molar-refractivity contribution in [2.24, 2.45) is 0 Å². The molecule has 0 fully saturated rings. The SMILES string of the molecule is Cc1cc(C(=O)N(C)C(C)c2ccc(F)c(F)c2)ccc1[N+](=O)[O-]. The van der Waals surface area contributed by atoms with Gasteiger partial charge in [-0.1, -0.05) is 6.07 Å². The zero-order valence-electron chi connectivity index (χ0n) is 13.4. The van der Waals surface area contributed by atoms with Gasteiger partial charge in [0, 0.05) is 24.2 Å². The van der Waals surface area contributed by atoms with Gasteiger partial charge < -0.3 is 4.90 Å². The van der Waals surface area contributed by atoms with Gasteiger partial charge in [0.2, 0.25) is 0 Å². The molecule has 0 spiro atoms. The number of benzene rings is 2. The van der Waals surface area contributed by atoms with Gasteiger partial charge in [-0.05, 0) is 43.7 Å². The lowest BCUT2D eigenvalue weighted by Gasteiger charge is -2.25. The van der Waals surface area contributed by atoms with E-state index in [9.17, 15) is 23.7 Å². The Morgan fingerprint density at radius 1 is 1.17 bits per heavy atom. The first-order chi connectivity index (χ1) is 11.2. The van der Waals surface area contributed by atoms with Crippen molar-refractivity contribution in [1.82, 2.24) is 4.90 Å². The lowest BCUT2D eigenvalue weighted by atomic mass is 10.0. The molecule has 126 valence electrons. The minimum atomic E-state index is -0.980. The van der Waals surface area contributed by atoms with E-state index >= 15 is 0 Å². The van der Waals surface area contributed by atoms with Crippen LogP contribution in [-0.4, -0.2) is 22.8 Å². The minimum absolute atomic E-state index is 0.0668.